The van der Waals surface area contributed by atoms with Gasteiger partial charge in [-0.15, -0.1) is 11.3 Å². The van der Waals surface area contributed by atoms with Crippen LogP contribution in [0.5, 0.6) is 0 Å². The molecule has 7 nitrogen and oxygen atoms in total. The van der Waals surface area contributed by atoms with Gasteiger partial charge in [-0.3, -0.25) is 10.1 Å². The largest absolute Gasteiger partial charge is 0.476 e. The molecule has 1 aromatic carbocycles. The third-order valence-corrected chi connectivity index (χ3v) is 3.89. The Labute approximate surface area is 129 Å². The van der Waals surface area contributed by atoms with E-state index in [1.165, 1.54) is 5.38 Å². The van der Waals surface area contributed by atoms with E-state index in [4.69, 9.17) is 5.11 Å². The monoisotopic (exact) mass is 375 g/mol. The topological polar surface area (TPSA) is 105 Å². The molecule has 1 aromatic heterocycles. The number of carbonyl (C=O) groups is 1. The molecule has 0 atom stereocenters. The van der Waals surface area contributed by atoms with Gasteiger partial charge in [0.1, 0.15) is 16.5 Å². The van der Waals surface area contributed by atoms with E-state index in [1.807, 2.05) is 0 Å². The van der Waals surface area contributed by atoms with Gasteiger partial charge in [0.2, 0.25) is 0 Å². The van der Waals surface area contributed by atoms with Crippen LogP contribution in [0.1, 0.15) is 15.5 Å². The van der Waals surface area contributed by atoms with Gasteiger partial charge in [-0.2, -0.15) is 0 Å². The zero-order valence-corrected chi connectivity index (χ0v) is 12.6. The van der Waals surface area contributed by atoms with Crippen LogP contribution in [0.25, 0.3) is 0 Å². The number of rotatable bonds is 5. The van der Waals surface area contributed by atoms with Gasteiger partial charge in [0.15, 0.2) is 5.69 Å². The van der Waals surface area contributed by atoms with Gasteiger partial charge in [-0.25, -0.2) is 14.2 Å². The van der Waals surface area contributed by atoms with Gasteiger partial charge in [-0.05, 0) is 15.9 Å². The normalized spacial score (nSPS) is 10.4. The lowest BCUT2D eigenvalue weighted by Gasteiger charge is -2.06. The van der Waals surface area contributed by atoms with Crippen LogP contribution < -0.4 is 5.32 Å². The minimum Gasteiger partial charge on any atom is -0.476 e. The molecule has 10 heteroatoms. The number of halogens is 2. The van der Waals surface area contributed by atoms with Crippen molar-refractivity contribution in [2.75, 3.05) is 5.32 Å². The molecule has 0 bridgehead atoms. The molecule has 2 N–H and O–H groups in total. The number of hydrogen-bond acceptors (Lipinski definition) is 6. The third-order valence-electron chi connectivity index (χ3n) is 2.44. The number of nitro benzene ring substituents is 1. The molecule has 0 spiro atoms. The van der Waals surface area contributed by atoms with Crippen LogP contribution in [0.3, 0.4) is 0 Å². The third kappa shape index (κ3) is 3.52. The highest BCUT2D eigenvalue weighted by molar-refractivity contribution is 9.10. The van der Waals surface area contributed by atoms with Crippen molar-refractivity contribution in [2.24, 2.45) is 0 Å². The first-order valence-electron chi connectivity index (χ1n) is 5.43. The van der Waals surface area contributed by atoms with Crippen LogP contribution >= 0.6 is 27.3 Å². The molecule has 0 aliphatic carbocycles. The van der Waals surface area contributed by atoms with E-state index in [0.717, 1.165) is 23.5 Å². The zero-order chi connectivity index (χ0) is 15.6. The van der Waals surface area contributed by atoms with E-state index in [-0.39, 0.29) is 28.1 Å². The molecule has 0 aliphatic rings. The molecule has 2 aromatic rings. The second-order valence-corrected chi connectivity index (χ2v) is 5.62. The summed E-state index contributed by atoms with van der Waals surface area (Å²) in [6, 6.07) is 2.05. The Morgan fingerprint density at radius 1 is 1.57 bits per heavy atom. The zero-order valence-electron chi connectivity index (χ0n) is 10.2. The first kappa shape index (κ1) is 15.3. The highest BCUT2D eigenvalue weighted by Crippen LogP contribution is 2.31. The maximum atomic E-state index is 13.5. The van der Waals surface area contributed by atoms with Crippen molar-refractivity contribution < 1.29 is 19.2 Å². The number of hydrogen-bond donors (Lipinski definition) is 2. The van der Waals surface area contributed by atoms with Crippen molar-refractivity contribution >= 4 is 44.6 Å². The fourth-order valence-corrected chi connectivity index (χ4v) is 2.53. The lowest BCUT2D eigenvalue weighted by Crippen LogP contribution is -2.04. The Kier molecular flexibility index (Phi) is 4.48. The average molecular weight is 376 g/mol. The molecule has 1 heterocycles. The van der Waals surface area contributed by atoms with E-state index in [0.29, 0.717) is 5.01 Å². The Bertz CT molecular complexity index is 721. The summed E-state index contributed by atoms with van der Waals surface area (Å²) in [5.41, 5.74) is -0.403. The highest BCUT2D eigenvalue weighted by Gasteiger charge is 2.18. The SMILES string of the molecule is O=C(O)c1csc(CNc2cc(F)c(Br)cc2[N+](=O)[O-])n1. The van der Waals surface area contributed by atoms with Gasteiger partial charge in [0.25, 0.3) is 5.69 Å². The molecule has 110 valence electrons. The number of nitrogens with one attached hydrogen (secondary N) is 1. The van der Waals surface area contributed by atoms with Crippen LogP contribution in [-0.4, -0.2) is 21.0 Å². The van der Waals surface area contributed by atoms with Crippen LogP contribution in [0.4, 0.5) is 15.8 Å². The number of nitrogens with zero attached hydrogens (tertiary/aromatic N) is 2. The minimum atomic E-state index is -1.15. The number of nitro groups is 1. The second-order valence-electron chi connectivity index (χ2n) is 3.83. The molecular weight excluding hydrogens is 369 g/mol. The summed E-state index contributed by atoms with van der Waals surface area (Å²) < 4.78 is 13.4. The van der Waals surface area contributed by atoms with Crippen molar-refractivity contribution in [3.05, 3.63) is 48.6 Å². The summed E-state index contributed by atoms with van der Waals surface area (Å²) in [7, 11) is 0. The summed E-state index contributed by atoms with van der Waals surface area (Å²) >= 11 is 3.97. The van der Waals surface area contributed by atoms with Crippen molar-refractivity contribution in [3.63, 3.8) is 0 Å². The molecule has 0 radical (unpaired) electrons. The van der Waals surface area contributed by atoms with Gasteiger partial charge < -0.3 is 10.4 Å². The van der Waals surface area contributed by atoms with Gasteiger partial charge >= 0.3 is 5.97 Å². The first-order chi connectivity index (χ1) is 9.88. The number of aromatic nitrogens is 1. The smallest absolute Gasteiger partial charge is 0.355 e. The molecule has 0 amide bonds. The van der Waals surface area contributed by atoms with Gasteiger partial charge in [0.05, 0.1) is 15.9 Å². The number of aromatic carboxylic acids is 1. The molecule has 0 unspecified atom stereocenters. The van der Waals surface area contributed by atoms with E-state index in [9.17, 15) is 19.3 Å². The quantitative estimate of drug-likeness (QED) is 0.613. The van der Waals surface area contributed by atoms with Crippen LogP contribution in [-0.2, 0) is 6.54 Å². The van der Waals surface area contributed by atoms with Crippen LogP contribution in [0, 0.1) is 15.9 Å². The highest BCUT2D eigenvalue weighted by atomic mass is 79.9. The fourth-order valence-electron chi connectivity index (χ4n) is 1.49. The van der Waals surface area contributed by atoms with Crippen LogP contribution in [0.2, 0.25) is 0 Å². The maximum absolute atomic E-state index is 13.5. The number of carboxylic acids is 1. The average Bonchev–Trinajstić information content (AvgIpc) is 2.88. The van der Waals surface area contributed by atoms with E-state index in [2.05, 4.69) is 26.2 Å². The van der Waals surface area contributed by atoms with Crippen molar-refractivity contribution in [2.45, 2.75) is 6.54 Å². The Hall–Kier alpha value is -2.07. The fraction of sp³-hybridized carbons (Fsp3) is 0.0909. The first-order valence-corrected chi connectivity index (χ1v) is 7.10. The Balaban J connectivity index is 2.20. The lowest BCUT2D eigenvalue weighted by molar-refractivity contribution is -0.384. The lowest BCUT2D eigenvalue weighted by atomic mass is 10.2. The molecule has 0 fully saturated rings. The Morgan fingerprint density at radius 3 is 2.86 bits per heavy atom. The molecule has 0 saturated heterocycles. The number of benzene rings is 1. The van der Waals surface area contributed by atoms with Crippen LogP contribution in [0.15, 0.2) is 22.0 Å². The minimum absolute atomic E-state index is 0.00669. The molecule has 0 saturated carbocycles. The summed E-state index contributed by atoms with van der Waals surface area (Å²) in [6.45, 7) is 0.0554. The number of anilines is 1. The molecule has 21 heavy (non-hydrogen) atoms. The summed E-state index contributed by atoms with van der Waals surface area (Å²) in [6.07, 6.45) is 0. The van der Waals surface area contributed by atoms with E-state index < -0.39 is 16.7 Å². The van der Waals surface area contributed by atoms with E-state index in [1.54, 1.807) is 0 Å². The molecular formula is C11H7BrFN3O4S. The van der Waals surface area contributed by atoms with Crippen molar-refractivity contribution in [1.82, 2.24) is 4.98 Å². The van der Waals surface area contributed by atoms with E-state index >= 15 is 0 Å². The molecule has 2 rings (SSSR count). The summed E-state index contributed by atoms with van der Waals surface area (Å²) in [5, 5.41) is 24.1. The van der Waals surface area contributed by atoms with Crippen molar-refractivity contribution in [3.8, 4) is 0 Å². The predicted octanol–water partition coefficient (Wildman–Crippen LogP) is 3.26. The predicted molar refractivity (Wildman–Crippen MR) is 77.2 cm³/mol. The number of carboxylic acid groups (broad SMARTS) is 1. The van der Waals surface area contributed by atoms with Gasteiger partial charge in [-0.1, -0.05) is 0 Å². The summed E-state index contributed by atoms with van der Waals surface area (Å²) in [4.78, 5) is 24.8. The standard InChI is InChI=1S/C11H7BrFN3O4S/c12-5-1-9(16(19)20)7(2-6(5)13)14-3-10-15-8(4-21-10)11(17)18/h1-2,4,14H,3H2,(H,17,18). The van der Waals surface area contributed by atoms with Gasteiger partial charge in [0, 0.05) is 17.5 Å². The second kappa shape index (κ2) is 6.14. The Morgan fingerprint density at radius 2 is 2.29 bits per heavy atom. The number of thiazole rings is 1. The molecule has 0 aliphatic heterocycles. The summed E-state index contributed by atoms with van der Waals surface area (Å²) in [5.74, 6) is -1.80. The van der Waals surface area contributed by atoms with Crippen molar-refractivity contribution in [1.29, 1.82) is 0 Å². The maximum Gasteiger partial charge on any atom is 0.355 e.